The summed E-state index contributed by atoms with van der Waals surface area (Å²) in [5.41, 5.74) is 0. The van der Waals surface area contributed by atoms with Crippen LogP contribution in [0.2, 0.25) is 19.0 Å². The lowest BCUT2D eigenvalue weighted by atomic mass is 9.39. The van der Waals surface area contributed by atoms with Crippen molar-refractivity contribution >= 4 is 20.9 Å². The maximum atomic E-state index is 3.02. The summed E-state index contributed by atoms with van der Waals surface area (Å²) in [4.78, 5) is 0. The van der Waals surface area contributed by atoms with Crippen molar-refractivity contribution in [3.63, 3.8) is 0 Å². The zero-order chi connectivity index (χ0) is 18.3. The molecule has 4 aliphatic rings. The van der Waals surface area contributed by atoms with Crippen molar-refractivity contribution in [1.82, 2.24) is 14.2 Å². The van der Waals surface area contributed by atoms with Crippen LogP contribution in [0.15, 0.2) is 0 Å². The minimum absolute atomic E-state index is 0.744. The van der Waals surface area contributed by atoms with Crippen LogP contribution in [0.4, 0.5) is 0 Å². The van der Waals surface area contributed by atoms with E-state index in [0.717, 1.165) is 20.9 Å². The van der Waals surface area contributed by atoms with Gasteiger partial charge in [-0.3, -0.25) is 0 Å². The molecule has 0 radical (unpaired) electrons. The van der Waals surface area contributed by atoms with Crippen molar-refractivity contribution < 1.29 is 0 Å². The molecular weight excluding hydrogens is 327 g/mol. The van der Waals surface area contributed by atoms with Crippen LogP contribution in [0.1, 0.15) is 96.3 Å². The fourth-order valence-electron chi connectivity index (χ4n) is 6.51. The van der Waals surface area contributed by atoms with Crippen LogP contribution in [-0.4, -0.2) is 54.7 Å². The van der Waals surface area contributed by atoms with Gasteiger partial charge in [-0.15, -0.1) is 0 Å². The topological polar surface area (TPSA) is 9.72 Å². The molecule has 150 valence electrons. The fraction of sp³-hybridized carbons (Fsp3) is 1.00. The maximum Gasteiger partial charge on any atom is 0.290 e. The first kappa shape index (κ1) is 20.4. The van der Waals surface area contributed by atoms with Crippen molar-refractivity contribution in [3.8, 4) is 0 Å². The van der Waals surface area contributed by atoms with Gasteiger partial charge in [0.2, 0.25) is 0 Å². The van der Waals surface area contributed by atoms with Gasteiger partial charge < -0.3 is 14.2 Å². The Morgan fingerprint density at radius 1 is 0.296 bits per heavy atom. The van der Waals surface area contributed by atoms with E-state index in [1.807, 2.05) is 0 Å². The predicted molar refractivity (Wildman–Crippen MR) is 121 cm³/mol. The van der Waals surface area contributed by atoms with E-state index < -0.39 is 0 Å². The Labute approximate surface area is 170 Å². The third kappa shape index (κ3) is 5.17. The SMILES string of the molecule is C1CCCB2N(CCC1)B1CCCCCCCN1B1CCCCCCCN21. The Hall–Kier alpha value is 0.0748. The molecule has 0 aliphatic carbocycles. The van der Waals surface area contributed by atoms with Gasteiger partial charge in [-0.25, -0.2) is 0 Å². The van der Waals surface area contributed by atoms with Crippen molar-refractivity contribution in [2.24, 2.45) is 0 Å². The van der Waals surface area contributed by atoms with E-state index in [1.54, 1.807) is 0 Å². The Bertz CT molecular complexity index is 329. The molecule has 4 fully saturated rings. The summed E-state index contributed by atoms with van der Waals surface area (Å²) in [6, 6.07) is 0. The molecule has 0 saturated carbocycles. The summed E-state index contributed by atoms with van der Waals surface area (Å²) in [5, 5.41) is 0. The zero-order valence-corrected chi connectivity index (χ0v) is 17.9. The molecule has 4 heterocycles. The van der Waals surface area contributed by atoms with E-state index in [0.29, 0.717) is 0 Å². The van der Waals surface area contributed by atoms with Crippen LogP contribution in [0.25, 0.3) is 0 Å². The van der Waals surface area contributed by atoms with Gasteiger partial charge in [-0.2, -0.15) is 0 Å². The lowest BCUT2D eigenvalue weighted by molar-refractivity contribution is 0.408. The second-order valence-corrected chi connectivity index (χ2v) is 9.82. The van der Waals surface area contributed by atoms with E-state index in [-0.39, 0.29) is 0 Å². The molecule has 6 heteroatoms. The number of rotatable bonds is 0. The van der Waals surface area contributed by atoms with Crippen molar-refractivity contribution in [1.29, 1.82) is 0 Å². The molecule has 0 aromatic heterocycles. The Morgan fingerprint density at radius 3 is 0.889 bits per heavy atom. The molecular formula is C21H42B3N3. The average Bonchev–Trinajstić information content (AvgIpc) is 2.94. The largest absolute Gasteiger partial charge is 0.357 e. The van der Waals surface area contributed by atoms with Crippen LogP contribution >= 0.6 is 0 Å². The summed E-state index contributed by atoms with van der Waals surface area (Å²) in [5.74, 6) is 0. The third-order valence-electron chi connectivity index (χ3n) is 7.93. The van der Waals surface area contributed by atoms with E-state index >= 15 is 0 Å². The van der Waals surface area contributed by atoms with Gasteiger partial charge in [-0.05, 0) is 57.9 Å². The van der Waals surface area contributed by atoms with Gasteiger partial charge >= 0.3 is 0 Å². The van der Waals surface area contributed by atoms with Gasteiger partial charge in [0.15, 0.2) is 0 Å². The molecule has 0 amide bonds. The smallest absolute Gasteiger partial charge is 0.290 e. The van der Waals surface area contributed by atoms with E-state index in [2.05, 4.69) is 14.2 Å². The molecule has 0 unspecified atom stereocenters. The quantitative estimate of drug-likeness (QED) is 0.540. The standard InChI is InChI=1S/C21H42B3N3/c1-4-10-16-22-25(19-13-7-1)23-17-11-5-2-9-15-21-27(23)24-18-12-6-3-8-14-20-26(22)24/h1-21H2. The van der Waals surface area contributed by atoms with Crippen molar-refractivity contribution in [2.45, 2.75) is 115 Å². The number of nitrogens with zero attached hydrogens (tertiary/aromatic N) is 3. The minimum Gasteiger partial charge on any atom is -0.357 e. The highest BCUT2D eigenvalue weighted by molar-refractivity contribution is 6.86. The lowest BCUT2D eigenvalue weighted by Gasteiger charge is -2.55. The molecule has 4 saturated heterocycles. The van der Waals surface area contributed by atoms with Crippen LogP contribution < -0.4 is 0 Å². The summed E-state index contributed by atoms with van der Waals surface area (Å²) in [7, 11) is 0. The Kier molecular flexibility index (Phi) is 8.09. The second-order valence-electron chi connectivity index (χ2n) is 9.82. The van der Waals surface area contributed by atoms with Crippen LogP contribution in [0.5, 0.6) is 0 Å². The van der Waals surface area contributed by atoms with E-state index in [1.165, 1.54) is 135 Å². The number of fused-ring (bicyclic) bond motifs is 6. The van der Waals surface area contributed by atoms with E-state index in [9.17, 15) is 0 Å². The molecule has 27 heavy (non-hydrogen) atoms. The molecule has 4 rings (SSSR count). The average molecular weight is 369 g/mol. The Balaban J connectivity index is 1.63. The number of hydrogen-bond acceptors (Lipinski definition) is 3. The highest BCUT2D eigenvalue weighted by Gasteiger charge is 2.50. The summed E-state index contributed by atoms with van der Waals surface area (Å²) in [6.07, 6.45) is 26.1. The third-order valence-corrected chi connectivity index (χ3v) is 7.93. The lowest BCUT2D eigenvalue weighted by Crippen LogP contribution is -2.77. The van der Waals surface area contributed by atoms with Gasteiger partial charge in [0.25, 0.3) is 20.9 Å². The Morgan fingerprint density at radius 2 is 0.556 bits per heavy atom. The van der Waals surface area contributed by atoms with Gasteiger partial charge in [0.1, 0.15) is 0 Å². The molecule has 0 bridgehead atoms. The summed E-state index contributed by atoms with van der Waals surface area (Å²) >= 11 is 0. The zero-order valence-electron chi connectivity index (χ0n) is 17.9. The van der Waals surface area contributed by atoms with Gasteiger partial charge in [0.05, 0.1) is 0 Å². The summed E-state index contributed by atoms with van der Waals surface area (Å²) < 4.78 is 9.06. The van der Waals surface area contributed by atoms with Crippen LogP contribution in [-0.2, 0) is 0 Å². The molecule has 0 N–H and O–H groups in total. The fourth-order valence-corrected chi connectivity index (χ4v) is 6.51. The first-order valence-electron chi connectivity index (χ1n) is 12.7. The first-order valence-corrected chi connectivity index (χ1v) is 12.7. The van der Waals surface area contributed by atoms with Crippen molar-refractivity contribution in [2.75, 3.05) is 19.6 Å². The second kappa shape index (κ2) is 10.7. The molecule has 4 aliphatic heterocycles. The van der Waals surface area contributed by atoms with Crippen LogP contribution in [0, 0.1) is 0 Å². The minimum atomic E-state index is 0.744. The van der Waals surface area contributed by atoms with Crippen LogP contribution in [0.3, 0.4) is 0 Å². The molecule has 0 aromatic carbocycles. The van der Waals surface area contributed by atoms with Crippen molar-refractivity contribution in [3.05, 3.63) is 0 Å². The molecule has 0 aromatic rings. The molecule has 0 spiro atoms. The maximum absolute atomic E-state index is 3.02. The van der Waals surface area contributed by atoms with Gasteiger partial charge in [0, 0.05) is 0 Å². The monoisotopic (exact) mass is 369 g/mol. The summed E-state index contributed by atoms with van der Waals surface area (Å²) in [6.45, 7) is 6.30. The molecule has 3 nitrogen and oxygen atoms in total. The predicted octanol–water partition coefficient (Wildman–Crippen LogP) is 5.26. The van der Waals surface area contributed by atoms with E-state index in [4.69, 9.17) is 0 Å². The number of hydrogen-bond donors (Lipinski definition) is 0. The normalized spacial score (nSPS) is 28.7. The molecule has 0 atom stereocenters. The highest BCUT2D eigenvalue weighted by Crippen LogP contribution is 2.32. The first-order chi connectivity index (χ1) is 13.4. The highest BCUT2D eigenvalue weighted by atomic mass is 15.3. The van der Waals surface area contributed by atoms with Gasteiger partial charge in [-0.1, -0.05) is 77.0 Å².